The van der Waals surface area contributed by atoms with Gasteiger partial charge in [0, 0.05) is 11.4 Å². The second-order valence-electron chi connectivity index (χ2n) is 9.37. The van der Waals surface area contributed by atoms with E-state index in [4.69, 9.17) is 21.1 Å². The van der Waals surface area contributed by atoms with E-state index in [1.807, 2.05) is 38.1 Å². The van der Waals surface area contributed by atoms with E-state index in [0.29, 0.717) is 23.6 Å². The normalized spacial score (nSPS) is 26.0. The van der Waals surface area contributed by atoms with Crippen LogP contribution in [0.25, 0.3) is 0 Å². The van der Waals surface area contributed by atoms with Crippen molar-refractivity contribution in [2.45, 2.75) is 56.2 Å². The number of fused-ring (bicyclic) bond motifs is 1. The van der Waals surface area contributed by atoms with Gasteiger partial charge in [-0.15, -0.1) is 0 Å². The molecule has 2 aromatic rings. The van der Waals surface area contributed by atoms with E-state index in [1.54, 1.807) is 12.1 Å². The first kappa shape index (κ1) is 23.3. The van der Waals surface area contributed by atoms with Crippen LogP contribution < -0.4 is 10.1 Å². The lowest BCUT2D eigenvalue weighted by atomic mass is 9.86. The summed E-state index contributed by atoms with van der Waals surface area (Å²) in [5, 5.41) is 44.3. The van der Waals surface area contributed by atoms with E-state index in [9.17, 15) is 20.4 Å². The zero-order valence-corrected chi connectivity index (χ0v) is 19.0. The minimum absolute atomic E-state index is 0.0564. The highest BCUT2D eigenvalue weighted by Gasteiger charge is 2.46. The fourth-order valence-electron chi connectivity index (χ4n) is 4.29. The first-order chi connectivity index (χ1) is 15.1. The lowest BCUT2D eigenvalue weighted by Crippen LogP contribution is -2.54. The summed E-state index contributed by atoms with van der Waals surface area (Å²) in [6.07, 6.45) is -2.75. The van der Waals surface area contributed by atoms with Crippen LogP contribution in [-0.4, -0.2) is 63.6 Å². The molecule has 7 nitrogen and oxygen atoms in total. The Labute approximate surface area is 192 Å². The van der Waals surface area contributed by atoms with Crippen LogP contribution in [0.5, 0.6) is 5.75 Å². The third-order valence-electron chi connectivity index (χ3n) is 6.17. The summed E-state index contributed by atoms with van der Waals surface area (Å²) in [6.45, 7) is 3.83. The van der Waals surface area contributed by atoms with Crippen molar-refractivity contribution in [3.05, 3.63) is 58.1 Å². The summed E-state index contributed by atoms with van der Waals surface area (Å²) in [7, 11) is 0. The summed E-state index contributed by atoms with van der Waals surface area (Å²) in [4.78, 5) is 0. The molecule has 0 amide bonds. The maximum Gasteiger partial charge on any atom is 0.143 e. The van der Waals surface area contributed by atoms with Gasteiger partial charge in [0.15, 0.2) is 0 Å². The van der Waals surface area contributed by atoms with E-state index in [0.717, 1.165) is 22.6 Å². The topological polar surface area (TPSA) is 111 Å². The molecule has 3 atom stereocenters. The maximum absolute atomic E-state index is 10.5. The number of halogens is 1. The van der Waals surface area contributed by atoms with Crippen LogP contribution in [0.4, 0.5) is 5.69 Å². The number of anilines is 1. The fraction of sp³-hybridized carbons (Fsp3) is 0.500. The van der Waals surface area contributed by atoms with Gasteiger partial charge >= 0.3 is 0 Å². The molecule has 2 aliphatic rings. The Balaban J connectivity index is 1.60. The Morgan fingerprint density at radius 1 is 1.09 bits per heavy atom. The van der Waals surface area contributed by atoms with Gasteiger partial charge in [-0.2, -0.15) is 0 Å². The Hall–Kier alpha value is -1.87. The van der Waals surface area contributed by atoms with E-state index >= 15 is 0 Å². The summed E-state index contributed by atoms with van der Waals surface area (Å²) in [5.41, 5.74) is 1.82. The van der Waals surface area contributed by atoms with Crippen LogP contribution in [0.2, 0.25) is 5.02 Å². The number of rotatable bonds is 5. The molecule has 174 valence electrons. The SMILES string of the molecule is CC1(C)CNc2cc(Cc3cc([C@@H]4OC(CO)(CO)C[C@H](O)[C@H]4O)ccc3Cl)ccc2O1. The number of aliphatic hydroxyl groups excluding tert-OH is 4. The zero-order chi connectivity index (χ0) is 23.1. The molecule has 0 aromatic heterocycles. The van der Waals surface area contributed by atoms with E-state index in [2.05, 4.69) is 5.32 Å². The Morgan fingerprint density at radius 3 is 2.56 bits per heavy atom. The van der Waals surface area contributed by atoms with Crippen molar-refractivity contribution < 1.29 is 29.9 Å². The predicted molar refractivity (Wildman–Crippen MR) is 121 cm³/mol. The van der Waals surface area contributed by atoms with Gasteiger partial charge in [0.1, 0.15) is 29.2 Å². The molecule has 2 aromatic carbocycles. The average Bonchev–Trinajstić information content (AvgIpc) is 2.77. The number of nitrogens with one attached hydrogen (secondary N) is 1. The molecule has 32 heavy (non-hydrogen) atoms. The van der Waals surface area contributed by atoms with Gasteiger partial charge in [-0.3, -0.25) is 0 Å². The summed E-state index contributed by atoms with van der Waals surface area (Å²) >= 11 is 6.47. The Morgan fingerprint density at radius 2 is 1.84 bits per heavy atom. The average molecular weight is 464 g/mol. The fourth-order valence-corrected chi connectivity index (χ4v) is 4.48. The van der Waals surface area contributed by atoms with E-state index in [1.165, 1.54) is 0 Å². The molecule has 1 fully saturated rings. The van der Waals surface area contributed by atoms with Gasteiger partial charge < -0.3 is 35.2 Å². The van der Waals surface area contributed by atoms with Crippen molar-refractivity contribution in [2.24, 2.45) is 0 Å². The third kappa shape index (κ3) is 4.59. The Kier molecular flexibility index (Phi) is 6.42. The number of hydrogen-bond donors (Lipinski definition) is 5. The molecular formula is C24H30ClNO6. The van der Waals surface area contributed by atoms with E-state index in [-0.39, 0.29) is 12.0 Å². The van der Waals surface area contributed by atoms with Crippen molar-refractivity contribution >= 4 is 17.3 Å². The van der Waals surface area contributed by atoms with Crippen LogP contribution in [0.1, 0.15) is 43.1 Å². The predicted octanol–water partition coefficient (Wildman–Crippen LogP) is 2.42. The van der Waals surface area contributed by atoms with Gasteiger partial charge in [-0.25, -0.2) is 0 Å². The molecule has 0 saturated carbocycles. The molecule has 4 rings (SSSR count). The molecule has 0 radical (unpaired) electrons. The van der Waals surface area contributed by atoms with Crippen molar-refractivity contribution in [3.8, 4) is 5.75 Å². The molecule has 0 bridgehead atoms. The second kappa shape index (κ2) is 8.82. The zero-order valence-electron chi connectivity index (χ0n) is 18.2. The Bertz CT molecular complexity index is 977. The highest BCUT2D eigenvalue weighted by atomic mass is 35.5. The molecule has 5 N–H and O–H groups in total. The molecule has 1 saturated heterocycles. The number of hydrogen-bond acceptors (Lipinski definition) is 7. The van der Waals surface area contributed by atoms with E-state index < -0.39 is 37.1 Å². The van der Waals surface area contributed by atoms with Crippen molar-refractivity contribution in [3.63, 3.8) is 0 Å². The number of benzene rings is 2. The molecule has 2 heterocycles. The van der Waals surface area contributed by atoms with Crippen molar-refractivity contribution in [1.82, 2.24) is 0 Å². The standard InChI is InChI=1S/C24H30ClNO6/c1-23(2)11-26-18-8-14(3-6-20(18)31-23)7-16-9-15(4-5-17(16)25)22-21(30)19(29)10-24(12-27,13-28)32-22/h3-6,8-9,19,21-22,26-30H,7,10-13H2,1-2H3/t19-,21+,22-/m0/s1. The van der Waals surface area contributed by atoms with Gasteiger partial charge in [-0.05, 0) is 55.2 Å². The first-order valence-corrected chi connectivity index (χ1v) is 11.1. The first-order valence-electron chi connectivity index (χ1n) is 10.8. The summed E-state index contributed by atoms with van der Waals surface area (Å²) < 4.78 is 11.9. The van der Waals surface area contributed by atoms with Crippen molar-refractivity contribution in [1.29, 1.82) is 0 Å². The molecule has 0 unspecified atom stereocenters. The maximum atomic E-state index is 10.5. The number of ether oxygens (including phenoxy) is 2. The molecular weight excluding hydrogens is 434 g/mol. The van der Waals surface area contributed by atoms with Gasteiger partial charge in [-0.1, -0.05) is 29.8 Å². The lowest BCUT2D eigenvalue weighted by molar-refractivity contribution is -0.240. The van der Waals surface area contributed by atoms with Crippen LogP contribution >= 0.6 is 11.6 Å². The summed E-state index contributed by atoms with van der Waals surface area (Å²) in [6, 6.07) is 11.2. The van der Waals surface area contributed by atoms with Gasteiger partial charge in [0.2, 0.25) is 0 Å². The minimum Gasteiger partial charge on any atom is -0.484 e. The second-order valence-corrected chi connectivity index (χ2v) is 9.78. The molecule has 2 aliphatic heterocycles. The highest BCUT2D eigenvalue weighted by molar-refractivity contribution is 6.31. The van der Waals surface area contributed by atoms with Crippen LogP contribution in [0.3, 0.4) is 0 Å². The highest BCUT2D eigenvalue weighted by Crippen LogP contribution is 2.39. The summed E-state index contributed by atoms with van der Waals surface area (Å²) in [5.74, 6) is 0.807. The molecule has 0 aliphatic carbocycles. The minimum atomic E-state index is -1.32. The van der Waals surface area contributed by atoms with Crippen molar-refractivity contribution in [2.75, 3.05) is 25.1 Å². The number of aliphatic hydroxyl groups is 4. The molecule has 0 spiro atoms. The van der Waals surface area contributed by atoms with Gasteiger partial charge in [0.05, 0.1) is 31.5 Å². The third-order valence-corrected chi connectivity index (χ3v) is 6.54. The smallest absolute Gasteiger partial charge is 0.143 e. The lowest BCUT2D eigenvalue weighted by Gasteiger charge is -2.44. The van der Waals surface area contributed by atoms with Crippen LogP contribution in [-0.2, 0) is 11.2 Å². The largest absolute Gasteiger partial charge is 0.484 e. The quantitative estimate of drug-likeness (QED) is 0.463. The molecule has 8 heteroatoms. The monoisotopic (exact) mass is 463 g/mol. The van der Waals surface area contributed by atoms with Crippen LogP contribution in [0, 0.1) is 0 Å². The van der Waals surface area contributed by atoms with Crippen LogP contribution in [0.15, 0.2) is 36.4 Å². The van der Waals surface area contributed by atoms with Gasteiger partial charge in [0.25, 0.3) is 0 Å².